The molecule has 0 bridgehead atoms. The third-order valence-electron chi connectivity index (χ3n) is 2.51. The molecule has 2 heterocycles. The third-order valence-corrected chi connectivity index (χ3v) is 3.00. The van der Waals surface area contributed by atoms with E-state index in [2.05, 4.69) is 36.6 Å². The number of nitrogens with zero attached hydrogens (tertiary/aromatic N) is 5. The molecule has 0 atom stereocenters. The smallest absolute Gasteiger partial charge is 0.263 e. The van der Waals surface area contributed by atoms with E-state index in [9.17, 15) is 0 Å². The fourth-order valence-electron chi connectivity index (χ4n) is 1.60. The topological polar surface area (TPSA) is 95.1 Å². The number of hydrogen-bond acceptors (Lipinski definition) is 6. The average Bonchev–Trinajstić information content (AvgIpc) is 3.05. The summed E-state index contributed by atoms with van der Waals surface area (Å²) in [5.41, 5.74) is 6.47. The van der Waals surface area contributed by atoms with Crippen LogP contribution in [0.15, 0.2) is 50.4 Å². The van der Waals surface area contributed by atoms with E-state index >= 15 is 0 Å². The number of tetrazole rings is 1. The molecule has 0 saturated carbocycles. The summed E-state index contributed by atoms with van der Waals surface area (Å²) in [4.78, 5) is 1.11. The molecule has 7 nitrogen and oxygen atoms in total. The summed E-state index contributed by atoms with van der Waals surface area (Å²) in [6.45, 7) is 0. The number of nitrogens with two attached hydrogens (primary N) is 1. The molecule has 0 aliphatic heterocycles. The van der Waals surface area contributed by atoms with Gasteiger partial charge in [0.1, 0.15) is 11.5 Å². The second kappa shape index (κ2) is 5.25. The Morgan fingerprint density at radius 3 is 2.95 bits per heavy atom. The molecule has 8 heteroatoms. The highest BCUT2D eigenvalue weighted by Crippen LogP contribution is 2.24. The summed E-state index contributed by atoms with van der Waals surface area (Å²) in [5, 5.41) is 14.5. The van der Waals surface area contributed by atoms with E-state index in [1.165, 1.54) is 6.21 Å². The minimum Gasteiger partial charge on any atom is -0.455 e. The maximum absolute atomic E-state index is 5.67. The van der Waals surface area contributed by atoms with Crippen LogP contribution in [0.3, 0.4) is 0 Å². The van der Waals surface area contributed by atoms with Gasteiger partial charge in [-0.15, -0.1) is 0 Å². The van der Waals surface area contributed by atoms with Crippen LogP contribution in [0.2, 0.25) is 0 Å². The van der Waals surface area contributed by atoms with E-state index in [0.29, 0.717) is 5.76 Å². The molecule has 0 amide bonds. The monoisotopic (exact) mass is 332 g/mol. The molecular weight excluding hydrogens is 324 g/mol. The van der Waals surface area contributed by atoms with E-state index in [0.717, 1.165) is 20.6 Å². The van der Waals surface area contributed by atoms with E-state index in [-0.39, 0.29) is 5.95 Å². The maximum atomic E-state index is 5.67. The largest absolute Gasteiger partial charge is 0.455 e. The van der Waals surface area contributed by atoms with Crippen molar-refractivity contribution in [3.8, 4) is 11.3 Å². The standard InChI is InChI=1S/C12H9BrN6O/c13-9-3-1-2-8(6-9)11-5-4-10(20-11)7-15-19-12(14)16-17-18-19/h1-7H,(H2,14,16,18). The molecule has 0 fully saturated rings. The van der Waals surface area contributed by atoms with Gasteiger partial charge in [0, 0.05) is 10.0 Å². The zero-order valence-corrected chi connectivity index (χ0v) is 11.7. The van der Waals surface area contributed by atoms with Gasteiger partial charge in [-0.1, -0.05) is 38.0 Å². The van der Waals surface area contributed by atoms with Crippen molar-refractivity contribution < 1.29 is 4.42 Å². The Hall–Kier alpha value is -2.48. The molecule has 20 heavy (non-hydrogen) atoms. The van der Waals surface area contributed by atoms with E-state index in [1.807, 2.05) is 30.3 Å². The van der Waals surface area contributed by atoms with Crippen molar-refractivity contribution in [1.82, 2.24) is 20.3 Å². The Balaban J connectivity index is 1.84. The molecule has 0 saturated heterocycles. The zero-order valence-electron chi connectivity index (χ0n) is 10.1. The Morgan fingerprint density at radius 1 is 1.30 bits per heavy atom. The van der Waals surface area contributed by atoms with E-state index < -0.39 is 0 Å². The molecule has 1 aromatic carbocycles. The van der Waals surface area contributed by atoms with Gasteiger partial charge < -0.3 is 10.2 Å². The average molecular weight is 333 g/mol. The van der Waals surface area contributed by atoms with Crippen LogP contribution >= 0.6 is 15.9 Å². The van der Waals surface area contributed by atoms with Crippen LogP contribution in [0.25, 0.3) is 11.3 Å². The number of hydrogen-bond donors (Lipinski definition) is 1. The van der Waals surface area contributed by atoms with Crippen molar-refractivity contribution in [2.24, 2.45) is 5.10 Å². The fourth-order valence-corrected chi connectivity index (χ4v) is 2.00. The normalized spacial score (nSPS) is 11.2. The van der Waals surface area contributed by atoms with Gasteiger partial charge in [0.2, 0.25) is 0 Å². The number of halogens is 1. The first-order valence-corrected chi connectivity index (χ1v) is 6.46. The molecular formula is C12H9BrN6O. The van der Waals surface area contributed by atoms with Gasteiger partial charge in [0.05, 0.1) is 6.21 Å². The summed E-state index contributed by atoms with van der Waals surface area (Å²) >= 11 is 3.42. The fraction of sp³-hybridized carbons (Fsp3) is 0. The minimum atomic E-state index is 0.111. The van der Waals surface area contributed by atoms with Crippen LogP contribution in [0, 0.1) is 0 Å². The highest BCUT2D eigenvalue weighted by molar-refractivity contribution is 9.10. The van der Waals surface area contributed by atoms with Gasteiger partial charge in [-0.2, -0.15) is 5.10 Å². The SMILES string of the molecule is Nc1nnnn1N=Cc1ccc(-c2cccc(Br)c2)o1. The summed E-state index contributed by atoms with van der Waals surface area (Å²) in [7, 11) is 0. The number of anilines is 1. The molecule has 0 unspecified atom stereocenters. The lowest BCUT2D eigenvalue weighted by atomic mass is 10.2. The Kier molecular flexibility index (Phi) is 3.30. The number of rotatable bonds is 3. The van der Waals surface area contributed by atoms with Gasteiger partial charge >= 0.3 is 0 Å². The number of nitrogen functional groups attached to an aromatic ring is 1. The van der Waals surface area contributed by atoms with Crippen molar-refractivity contribution >= 4 is 28.1 Å². The molecule has 0 aliphatic carbocycles. The Bertz CT molecular complexity index is 763. The van der Waals surface area contributed by atoms with E-state index in [4.69, 9.17) is 10.2 Å². The molecule has 3 rings (SSSR count). The number of benzene rings is 1. The van der Waals surface area contributed by atoms with Crippen molar-refractivity contribution in [3.05, 3.63) is 46.6 Å². The van der Waals surface area contributed by atoms with Gasteiger partial charge in [-0.3, -0.25) is 0 Å². The third kappa shape index (κ3) is 2.59. The van der Waals surface area contributed by atoms with Crippen molar-refractivity contribution in [3.63, 3.8) is 0 Å². The molecule has 0 radical (unpaired) electrons. The van der Waals surface area contributed by atoms with Gasteiger partial charge in [-0.05, 0) is 34.7 Å². The number of aromatic nitrogens is 4. The zero-order chi connectivity index (χ0) is 13.9. The minimum absolute atomic E-state index is 0.111. The van der Waals surface area contributed by atoms with Crippen molar-refractivity contribution in [2.75, 3.05) is 5.73 Å². The second-order valence-corrected chi connectivity index (χ2v) is 4.80. The van der Waals surface area contributed by atoms with Crippen LogP contribution in [0.1, 0.15) is 5.76 Å². The van der Waals surface area contributed by atoms with Gasteiger partial charge in [0.15, 0.2) is 0 Å². The molecule has 2 N–H and O–H groups in total. The van der Waals surface area contributed by atoms with Gasteiger partial charge in [-0.25, -0.2) is 0 Å². The van der Waals surface area contributed by atoms with Crippen molar-refractivity contribution in [1.29, 1.82) is 0 Å². The molecule has 2 aromatic heterocycles. The molecule has 100 valence electrons. The highest BCUT2D eigenvalue weighted by Gasteiger charge is 2.04. The molecule has 0 aliphatic rings. The van der Waals surface area contributed by atoms with Gasteiger partial charge in [0.25, 0.3) is 5.95 Å². The first-order valence-electron chi connectivity index (χ1n) is 5.66. The lowest BCUT2D eigenvalue weighted by molar-refractivity contribution is 0.573. The van der Waals surface area contributed by atoms with Crippen LogP contribution in [0.5, 0.6) is 0 Å². The van der Waals surface area contributed by atoms with E-state index in [1.54, 1.807) is 6.07 Å². The first kappa shape index (κ1) is 12.5. The lowest BCUT2D eigenvalue weighted by Crippen LogP contribution is -1.99. The number of furan rings is 1. The summed E-state index contributed by atoms with van der Waals surface area (Å²) < 4.78 is 6.66. The Morgan fingerprint density at radius 2 is 2.20 bits per heavy atom. The second-order valence-electron chi connectivity index (χ2n) is 3.88. The van der Waals surface area contributed by atoms with Crippen LogP contribution in [0.4, 0.5) is 5.95 Å². The van der Waals surface area contributed by atoms with Crippen LogP contribution < -0.4 is 5.73 Å². The summed E-state index contributed by atoms with van der Waals surface area (Å²) in [6.07, 6.45) is 1.49. The lowest BCUT2D eigenvalue weighted by Gasteiger charge is -1.97. The quantitative estimate of drug-likeness (QED) is 0.741. The molecule has 0 spiro atoms. The molecule has 3 aromatic rings. The summed E-state index contributed by atoms with van der Waals surface area (Å²) in [5.74, 6) is 1.44. The Labute approximate surface area is 122 Å². The van der Waals surface area contributed by atoms with Crippen molar-refractivity contribution in [2.45, 2.75) is 0 Å². The van der Waals surface area contributed by atoms with Crippen LogP contribution in [-0.4, -0.2) is 26.5 Å². The predicted octanol–water partition coefficient (Wildman–Crippen LogP) is 2.16. The highest BCUT2D eigenvalue weighted by atomic mass is 79.9. The summed E-state index contributed by atoms with van der Waals surface area (Å²) in [6, 6.07) is 11.5. The first-order chi connectivity index (χ1) is 9.72. The maximum Gasteiger partial charge on any atom is 0.263 e. The van der Waals surface area contributed by atoms with Crippen LogP contribution in [-0.2, 0) is 0 Å². The predicted molar refractivity (Wildman–Crippen MR) is 77.1 cm³/mol.